The van der Waals surface area contributed by atoms with Crippen LogP contribution < -0.4 is 0 Å². The van der Waals surface area contributed by atoms with Crippen molar-refractivity contribution in [1.29, 1.82) is 0 Å². The summed E-state index contributed by atoms with van der Waals surface area (Å²) in [5, 5.41) is 7.68. The Hall–Kier alpha value is -1.93. The van der Waals surface area contributed by atoms with Crippen molar-refractivity contribution >= 4 is 22.7 Å². The molecule has 0 bridgehead atoms. The lowest BCUT2D eigenvalue weighted by molar-refractivity contribution is 0.565. The second-order valence-corrected chi connectivity index (χ2v) is 2.96. The molecule has 2 rings (SSSR count). The van der Waals surface area contributed by atoms with Gasteiger partial charge in [-0.1, -0.05) is 19.1 Å². The van der Waals surface area contributed by atoms with Crippen LogP contribution in [0, 0.1) is 0 Å². The molecule has 0 aliphatic rings. The average Bonchev–Trinajstić information content (AvgIpc) is 2.67. The third-order valence-corrected chi connectivity index (χ3v) is 2.21. The number of benzene rings is 1. The monoisotopic (exact) mass is 187 g/mol. The first-order chi connectivity index (χ1) is 6.86. The number of aliphatic imine (C=N–C) groups is 1. The van der Waals surface area contributed by atoms with Gasteiger partial charge in [0.1, 0.15) is 5.69 Å². The molecule has 1 aromatic carbocycles. The molecule has 0 radical (unpaired) electrons. The van der Waals surface area contributed by atoms with E-state index in [2.05, 4.69) is 15.2 Å². The van der Waals surface area contributed by atoms with Gasteiger partial charge in [0, 0.05) is 5.39 Å². The quantitative estimate of drug-likeness (QED) is 0.578. The summed E-state index contributed by atoms with van der Waals surface area (Å²) in [7, 11) is 0. The number of nitrogens with zero attached hydrogens (tertiary/aromatic N) is 2. The topological polar surface area (TPSA) is 58.1 Å². The highest BCUT2D eigenvalue weighted by Crippen LogP contribution is 2.28. The molecule has 0 aliphatic heterocycles. The zero-order valence-corrected chi connectivity index (χ0v) is 7.74. The highest BCUT2D eigenvalue weighted by molar-refractivity contribution is 5.91. The maximum absolute atomic E-state index is 10.3. The first-order valence-electron chi connectivity index (χ1n) is 4.39. The standard InChI is InChI=1S/C10H9N3O/c1-2-7-3-4-8-5-12-13-10(8)9(7)11-6-14/h3-5H,2H2,1H3,(H,12,13). The van der Waals surface area contributed by atoms with E-state index in [9.17, 15) is 4.79 Å². The van der Waals surface area contributed by atoms with Crippen LogP contribution in [0.1, 0.15) is 12.5 Å². The maximum atomic E-state index is 10.3. The summed E-state index contributed by atoms with van der Waals surface area (Å²) in [5.74, 6) is 0. The van der Waals surface area contributed by atoms with Gasteiger partial charge in [-0.3, -0.25) is 5.10 Å². The molecule has 70 valence electrons. The summed E-state index contributed by atoms with van der Waals surface area (Å²) in [4.78, 5) is 14.0. The Morgan fingerprint density at radius 1 is 1.57 bits per heavy atom. The van der Waals surface area contributed by atoms with Crippen LogP contribution in [0.4, 0.5) is 5.69 Å². The minimum atomic E-state index is 0.650. The Labute approximate surface area is 80.7 Å². The van der Waals surface area contributed by atoms with Crippen LogP contribution in [0.15, 0.2) is 23.3 Å². The smallest absolute Gasteiger partial charge is 0.240 e. The number of H-pyrrole nitrogens is 1. The van der Waals surface area contributed by atoms with Crippen LogP contribution >= 0.6 is 0 Å². The number of aromatic nitrogens is 2. The fraction of sp³-hybridized carbons (Fsp3) is 0.200. The van der Waals surface area contributed by atoms with E-state index in [0.717, 1.165) is 22.9 Å². The van der Waals surface area contributed by atoms with E-state index in [1.54, 1.807) is 12.3 Å². The summed E-state index contributed by atoms with van der Waals surface area (Å²) in [6.07, 6.45) is 4.10. The van der Waals surface area contributed by atoms with Gasteiger partial charge in [0.25, 0.3) is 0 Å². The van der Waals surface area contributed by atoms with Gasteiger partial charge in [-0.25, -0.2) is 4.79 Å². The number of carbonyl (C=O) groups excluding carboxylic acids is 1. The van der Waals surface area contributed by atoms with E-state index in [-0.39, 0.29) is 0 Å². The normalized spacial score (nSPS) is 10.1. The summed E-state index contributed by atoms with van der Waals surface area (Å²) in [6, 6.07) is 3.91. The fourth-order valence-corrected chi connectivity index (χ4v) is 1.50. The molecule has 14 heavy (non-hydrogen) atoms. The molecular formula is C10H9N3O. The van der Waals surface area contributed by atoms with Gasteiger partial charge in [0.15, 0.2) is 0 Å². The number of isocyanates is 1. The van der Waals surface area contributed by atoms with Crippen molar-refractivity contribution in [3.8, 4) is 0 Å². The summed E-state index contributed by atoms with van der Waals surface area (Å²) >= 11 is 0. The van der Waals surface area contributed by atoms with Crippen LogP contribution in [0.3, 0.4) is 0 Å². The number of hydrogen-bond donors (Lipinski definition) is 1. The first-order valence-corrected chi connectivity index (χ1v) is 4.39. The molecule has 1 aromatic heterocycles. The molecule has 4 nitrogen and oxygen atoms in total. The minimum Gasteiger partial charge on any atom is -0.276 e. The van der Waals surface area contributed by atoms with Crippen molar-refractivity contribution in [2.24, 2.45) is 4.99 Å². The van der Waals surface area contributed by atoms with Crippen molar-refractivity contribution in [2.75, 3.05) is 0 Å². The molecular weight excluding hydrogens is 178 g/mol. The molecule has 0 spiro atoms. The highest BCUT2D eigenvalue weighted by Gasteiger charge is 2.06. The van der Waals surface area contributed by atoms with Gasteiger partial charge in [-0.05, 0) is 12.0 Å². The second kappa shape index (κ2) is 3.44. The summed E-state index contributed by atoms with van der Waals surface area (Å²) in [6.45, 7) is 2.02. The molecule has 1 heterocycles. The molecule has 4 heteroatoms. The number of fused-ring (bicyclic) bond motifs is 1. The molecule has 0 fully saturated rings. The summed E-state index contributed by atoms with van der Waals surface area (Å²) < 4.78 is 0. The maximum Gasteiger partial charge on any atom is 0.240 e. The zero-order chi connectivity index (χ0) is 9.97. The largest absolute Gasteiger partial charge is 0.276 e. The number of hydrogen-bond acceptors (Lipinski definition) is 3. The Morgan fingerprint density at radius 3 is 3.14 bits per heavy atom. The third kappa shape index (κ3) is 1.22. The molecule has 2 aromatic rings. The van der Waals surface area contributed by atoms with Gasteiger partial charge in [-0.15, -0.1) is 0 Å². The van der Waals surface area contributed by atoms with Gasteiger partial charge in [-0.2, -0.15) is 10.1 Å². The summed E-state index contributed by atoms with van der Waals surface area (Å²) in [5.41, 5.74) is 2.47. The fourth-order valence-electron chi connectivity index (χ4n) is 1.50. The first kappa shape index (κ1) is 8.66. The van der Waals surface area contributed by atoms with Crippen LogP contribution in [0.25, 0.3) is 10.9 Å². The second-order valence-electron chi connectivity index (χ2n) is 2.96. The Kier molecular flexibility index (Phi) is 2.13. The molecule has 1 N–H and O–H groups in total. The van der Waals surface area contributed by atoms with E-state index in [4.69, 9.17) is 0 Å². The lowest BCUT2D eigenvalue weighted by Gasteiger charge is -2.01. The van der Waals surface area contributed by atoms with E-state index < -0.39 is 0 Å². The van der Waals surface area contributed by atoms with Gasteiger partial charge >= 0.3 is 0 Å². The van der Waals surface area contributed by atoms with Crippen LogP contribution in [0.5, 0.6) is 0 Å². The lowest BCUT2D eigenvalue weighted by Crippen LogP contribution is -1.82. The van der Waals surface area contributed by atoms with Crippen molar-refractivity contribution in [1.82, 2.24) is 10.2 Å². The average molecular weight is 187 g/mol. The van der Waals surface area contributed by atoms with Gasteiger partial charge < -0.3 is 0 Å². The van der Waals surface area contributed by atoms with Crippen molar-refractivity contribution in [3.05, 3.63) is 23.9 Å². The number of aryl methyl sites for hydroxylation is 1. The molecule has 0 saturated carbocycles. The van der Waals surface area contributed by atoms with E-state index in [1.165, 1.54) is 0 Å². The molecule has 0 aliphatic carbocycles. The molecule has 0 saturated heterocycles. The molecule has 0 unspecified atom stereocenters. The predicted molar refractivity (Wildman–Crippen MR) is 53.3 cm³/mol. The van der Waals surface area contributed by atoms with Gasteiger partial charge in [0.05, 0.1) is 11.7 Å². The van der Waals surface area contributed by atoms with E-state index in [1.807, 2.05) is 19.1 Å². The SMILES string of the molecule is CCc1ccc2cn[nH]c2c1N=C=O. The third-order valence-electron chi connectivity index (χ3n) is 2.21. The Morgan fingerprint density at radius 2 is 2.43 bits per heavy atom. The number of aromatic amines is 1. The van der Waals surface area contributed by atoms with E-state index >= 15 is 0 Å². The Balaban J connectivity index is 2.81. The minimum absolute atomic E-state index is 0.650. The number of nitrogens with one attached hydrogen (secondary N) is 1. The van der Waals surface area contributed by atoms with Gasteiger partial charge in [0.2, 0.25) is 6.08 Å². The molecule has 0 atom stereocenters. The van der Waals surface area contributed by atoms with Crippen LogP contribution in [0.2, 0.25) is 0 Å². The van der Waals surface area contributed by atoms with Crippen LogP contribution in [-0.4, -0.2) is 16.3 Å². The predicted octanol–water partition coefficient (Wildman–Crippen LogP) is 2.09. The van der Waals surface area contributed by atoms with Crippen molar-refractivity contribution in [3.63, 3.8) is 0 Å². The molecule has 0 amide bonds. The highest BCUT2D eigenvalue weighted by atomic mass is 16.1. The van der Waals surface area contributed by atoms with Crippen molar-refractivity contribution < 1.29 is 4.79 Å². The van der Waals surface area contributed by atoms with Crippen LogP contribution in [-0.2, 0) is 11.2 Å². The zero-order valence-electron chi connectivity index (χ0n) is 7.74. The van der Waals surface area contributed by atoms with E-state index in [0.29, 0.717) is 5.69 Å². The lowest BCUT2D eigenvalue weighted by atomic mass is 10.1. The Bertz CT molecular complexity index is 509. The van der Waals surface area contributed by atoms with Crippen molar-refractivity contribution in [2.45, 2.75) is 13.3 Å². The number of rotatable bonds is 2.